The second kappa shape index (κ2) is 10.5. The first-order chi connectivity index (χ1) is 13.4. The number of amides is 1. The molecule has 152 valence electrons. The van der Waals surface area contributed by atoms with Gasteiger partial charge in [0.1, 0.15) is 5.75 Å². The van der Waals surface area contributed by atoms with Gasteiger partial charge < -0.3 is 10.1 Å². The maximum Gasteiger partial charge on any atom is 0.243 e. The molecule has 8 heteroatoms. The Bertz CT molecular complexity index is 866. The average molecular weight is 423 g/mol. The molecule has 6 nitrogen and oxygen atoms in total. The molecular formula is C20H26N2O4S2. The lowest BCUT2D eigenvalue weighted by atomic mass is 10.1. The normalized spacial score (nSPS) is 11.4. The van der Waals surface area contributed by atoms with Crippen LogP contribution in [0.25, 0.3) is 0 Å². The smallest absolute Gasteiger partial charge is 0.243 e. The number of hydrogen-bond donors (Lipinski definition) is 1. The molecule has 0 saturated carbocycles. The van der Waals surface area contributed by atoms with Crippen LogP contribution >= 0.6 is 11.8 Å². The van der Waals surface area contributed by atoms with Gasteiger partial charge >= 0.3 is 0 Å². The number of likely N-dealkylation sites (N-methyl/N-ethyl adjacent to an activating group) is 1. The Hall–Kier alpha value is -2.03. The first kappa shape index (κ1) is 22.3. The first-order valence-corrected chi connectivity index (χ1v) is 11.5. The van der Waals surface area contributed by atoms with Crippen LogP contribution < -0.4 is 10.1 Å². The zero-order valence-electron chi connectivity index (χ0n) is 16.3. The molecule has 0 saturated heterocycles. The molecule has 28 heavy (non-hydrogen) atoms. The van der Waals surface area contributed by atoms with Crippen molar-refractivity contribution in [3.63, 3.8) is 0 Å². The molecule has 2 aromatic rings. The highest BCUT2D eigenvalue weighted by Crippen LogP contribution is 2.19. The standard InChI is InChI=1S/C20H26N2O4S2/c1-22(28(24,25)19-12-10-18(27-3)11-13-19)15-20(23)21-14-4-5-16-6-8-17(26-2)9-7-16/h6-13H,4-5,14-15H2,1-3H3,(H,21,23). The van der Waals surface area contributed by atoms with E-state index in [4.69, 9.17) is 4.74 Å². The van der Waals surface area contributed by atoms with E-state index < -0.39 is 10.0 Å². The predicted octanol–water partition coefficient (Wildman–Crippen LogP) is 2.79. The fourth-order valence-electron chi connectivity index (χ4n) is 2.58. The van der Waals surface area contributed by atoms with E-state index in [-0.39, 0.29) is 17.3 Å². The number of aryl methyl sites for hydroxylation is 1. The van der Waals surface area contributed by atoms with Crippen LogP contribution in [-0.2, 0) is 21.2 Å². The molecule has 0 aliphatic heterocycles. The monoisotopic (exact) mass is 422 g/mol. The fourth-order valence-corrected chi connectivity index (χ4v) is 4.12. The lowest BCUT2D eigenvalue weighted by molar-refractivity contribution is -0.121. The summed E-state index contributed by atoms with van der Waals surface area (Å²) in [5.74, 6) is 0.492. The van der Waals surface area contributed by atoms with Crippen molar-refractivity contribution in [2.24, 2.45) is 0 Å². The average Bonchev–Trinajstić information content (AvgIpc) is 2.71. The number of sulfonamides is 1. The third kappa shape index (κ3) is 6.25. The van der Waals surface area contributed by atoms with Crippen LogP contribution in [0.3, 0.4) is 0 Å². The molecule has 0 atom stereocenters. The molecule has 0 heterocycles. The van der Waals surface area contributed by atoms with Crippen molar-refractivity contribution in [2.75, 3.05) is 33.5 Å². The number of carbonyl (C=O) groups is 1. The summed E-state index contributed by atoms with van der Waals surface area (Å²) >= 11 is 1.54. The van der Waals surface area contributed by atoms with Crippen molar-refractivity contribution >= 4 is 27.7 Å². The highest BCUT2D eigenvalue weighted by molar-refractivity contribution is 7.98. The van der Waals surface area contributed by atoms with Crippen molar-refractivity contribution in [2.45, 2.75) is 22.6 Å². The lowest BCUT2D eigenvalue weighted by Crippen LogP contribution is -2.38. The topological polar surface area (TPSA) is 75.7 Å². The van der Waals surface area contributed by atoms with Crippen LogP contribution in [-0.4, -0.2) is 52.1 Å². The fraction of sp³-hybridized carbons (Fsp3) is 0.350. The summed E-state index contributed by atoms with van der Waals surface area (Å²) in [6.07, 6.45) is 3.51. The number of carbonyl (C=O) groups excluding carboxylic acids is 1. The summed E-state index contributed by atoms with van der Waals surface area (Å²) < 4.78 is 31.3. The lowest BCUT2D eigenvalue weighted by Gasteiger charge is -2.17. The van der Waals surface area contributed by atoms with Crippen LogP contribution in [0.4, 0.5) is 0 Å². The van der Waals surface area contributed by atoms with Crippen LogP contribution in [0, 0.1) is 0 Å². The maximum absolute atomic E-state index is 12.6. The Labute approximate surface area is 171 Å². The van der Waals surface area contributed by atoms with Crippen molar-refractivity contribution in [3.05, 3.63) is 54.1 Å². The maximum atomic E-state index is 12.6. The Morgan fingerprint density at radius 1 is 1.11 bits per heavy atom. The summed E-state index contributed by atoms with van der Waals surface area (Å²) in [6, 6.07) is 14.4. The van der Waals surface area contributed by atoms with E-state index >= 15 is 0 Å². The van der Waals surface area contributed by atoms with Crippen molar-refractivity contribution < 1.29 is 17.9 Å². The summed E-state index contributed by atoms with van der Waals surface area (Å²) in [5, 5.41) is 2.78. The van der Waals surface area contributed by atoms with Gasteiger partial charge in [0.2, 0.25) is 15.9 Å². The van der Waals surface area contributed by atoms with Gasteiger partial charge in [-0.2, -0.15) is 4.31 Å². The Balaban J connectivity index is 1.79. The van der Waals surface area contributed by atoms with E-state index in [9.17, 15) is 13.2 Å². The number of rotatable bonds is 10. The minimum absolute atomic E-state index is 0.181. The van der Waals surface area contributed by atoms with Gasteiger partial charge in [-0.1, -0.05) is 12.1 Å². The molecule has 0 bridgehead atoms. The zero-order valence-corrected chi connectivity index (χ0v) is 18.0. The predicted molar refractivity (Wildman–Crippen MR) is 112 cm³/mol. The number of nitrogens with one attached hydrogen (secondary N) is 1. The SMILES string of the molecule is COc1ccc(CCCNC(=O)CN(C)S(=O)(=O)c2ccc(SC)cc2)cc1. The third-order valence-corrected chi connectivity index (χ3v) is 6.82. The minimum atomic E-state index is -3.69. The number of methoxy groups -OCH3 is 1. The number of thioether (sulfide) groups is 1. The van der Waals surface area contributed by atoms with Gasteiger partial charge in [0, 0.05) is 18.5 Å². The Morgan fingerprint density at radius 2 is 1.75 bits per heavy atom. The number of benzene rings is 2. The van der Waals surface area contributed by atoms with Crippen molar-refractivity contribution in [1.82, 2.24) is 9.62 Å². The highest BCUT2D eigenvalue weighted by Gasteiger charge is 2.22. The van der Waals surface area contributed by atoms with Gasteiger partial charge in [-0.05, 0) is 61.1 Å². The van der Waals surface area contributed by atoms with Gasteiger partial charge in [-0.25, -0.2) is 8.42 Å². The molecule has 0 unspecified atom stereocenters. The first-order valence-electron chi connectivity index (χ1n) is 8.87. The number of hydrogen-bond acceptors (Lipinski definition) is 5. The van der Waals surface area contributed by atoms with E-state index in [0.717, 1.165) is 33.4 Å². The molecule has 0 aliphatic rings. The largest absolute Gasteiger partial charge is 0.497 e. The van der Waals surface area contributed by atoms with E-state index in [1.54, 1.807) is 31.4 Å². The molecule has 0 fully saturated rings. The van der Waals surface area contributed by atoms with Crippen LogP contribution in [0.2, 0.25) is 0 Å². The van der Waals surface area contributed by atoms with E-state index in [1.165, 1.54) is 18.8 Å². The van der Waals surface area contributed by atoms with Crippen molar-refractivity contribution in [1.29, 1.82) is 0 Å². The minimum Gasteiger partial charge on any atom is -0.497 e. The molecule has 2 rings (SSSR count). The Morgan fingerprint density at radius 3 is 2.32 bits per heavy atom. The van der Waals surface area contributed by atoms with E-state index in [2.05, 4.69) is 5.32 Å². The van der Waals surface area contributed by atoms with Gasteiger partial charge in [-0.15, -0.1) is 11.8 Å². The molecule has 0 spiro atoms. The summed E-state index contributed by atoms with van der Waals surface area (Å²) in [7, 11) is -0.650. The molecule has 0 aliphatic carbocycles. The number of ether oxygens (including phenoxy) is 1. The van der Waals surface area contributed by atoms with Crippen LogP contribution in [0.5, 0.6) is 5.75 Å². The summed E-state index contributed by atoms with van der Waals surface area (Å²) in [5.41, 5.74) is 1.16. The van der Waals surface area contributed by atoms with E-state index in [1.807, 2.05) is 30.5 Å². The molecule has 2 aromatic carbocycles. The molecule has 1 N–H and O–H groups in total. The van der Waals surface area contributed by atoms with Crippen LogP contribution in [0.1, 0.15) is 12.0 Å². The third-order valence-electron chi connectivity index (χ3n) is 4.26. The highest BCUT2D eigenvalue weighted by atomic mass is 32.2. The summed E-state index contributed by atoms with van der Waals surface area (Å²) in [6.45, 7) is 0.274. The Kier molecular flexibility index (Phi) is 8.35. The summed E-state index contributed by atoms with van der Waals surface area (Å²) in [4.78, 5) is 13.3. The van der Waals surface area contributed by atoms with Gasteiger partial charge in [0.05, 0.1) is 18.6 Å². The van der Waals surface area contributed by atoms with Crippen LogP contribution in [0.15, 0.2) is 58.3 Å². The van der Waals surface area contributed by atoms with E-state index in [0.29, 0.717) is 6.54 Å². The zero-order chi connectivity index (χ0) is 20.6. The van der Waals surface area contributed by atoms with Gasteiger partial charge in [-0.3, -0.25) is 4.79 Å². The van der Waals surface area contributed by atoms with Gasteiger partial charge in [0.15, 0.2) is 0 Å². The molecule has 1 amide bonds. The number of nitrogens with zero attached hydrogens (tertiary/aromatic N) is 1. The van der Waals surface area contributed by atoms with Crippen molar-refractivity contribution in [3.8, 4) is 5.75 Å². The second-order valence-electron chi connectivity index (χ2n) is 6.24. The molecule has 0 radical (unpaired) electrons. The quantitative estimate of drug-likeness (QED) is 0.471. The second-order valence-corrected chi connectivity index (χ2v) is 9.16. The van der Waals surface area contributed by atoms with Gasteiger partial charge in [0.25, 0.3) is 0 Å². The molecular weight excluding hydrogens is 396 g/mol. The molecule has 0 aromatic heterocycles.